The van der Waals surface area contributed by atoms with Crippen LogP contribution < -0.4 is 10.6 Å². The molecule has 0 radical (unpaired) electrons. The van der Waals surface area contributed by atoms with Crippen molar-refractivity contribution >= 4 is 0 Å². The summed E-state index contributed by atoms with van der Waals surface area (Å²) in [6.07, 6.45) is 2.44. The second-order valence-electron chi connectivity index (χ2n) is 5.96. The Morgan fingerprint density at radius 2 is 2.00 bits per heavy atom. The number of hydrogen-bond acceptors (Lipinski definition) is 3. The predicted octanol–water partition coefficient (Wildman–Crippen LogP) is 2.53. The second-order valence-corrected chi connectivity index (χ2v) is 5.96. The topological polar surface area (TPSA) is 33.3 Å². The number of ether oxygens (including phenoxy) is 1. The first kappa shape index (κ1) is 15.5. The second kappa shape index (κ2) is 8.40. The van der Waals surface area contributed by atoms with Crippen LogP contribution in [0.3, 0.4) is 0 Å². The molecule has 1 aromatic carbocycles. The Bertz CT molecular complexity index is 392. The first-order valence-corrected chi connectivity index (χ1v) is 7.88. The van der Waals surface area contributed by atoms with E-state index >= 15 is 0 Å². The van der Waals surface area contributed by atoms with Crippen LogP contribution in [0.15, 0.2) is 24.3 Å². The summed E-state index contributed by atoms with van der Waals surface area (Å²) in [6.45, 7) is 9.49. The molecule has 0 aromatic heterocycles. The van der Waals surface area contributed by atoms with Crippen molar-refractivity contribution < 1.29 is 4.74 Å². The zero-order valence-corrected chi connectivity index (χ0v) is 12.8. The van der Waals surface area contributed by atoms with Gasteiger partial charge in [0.05, 0.1) is 12.7 Å². The summed E-state index contributed by atoms with van der Waals surface area (Å²) >= 11 is 0. The summed E-state index contributed by atoms with van der Waals surface area (Å²) < 4.78 is 5.89. The summed E-state index contributed by atoms with van der Waals surface area (Å²) in [5.41, 5.74) is 2.81. The van der Waals surface area contributed by atoms with Crippen molar-refractivity contribution in [2.24, 2.45) is 5.92 Å². The highest BCUT2D eigenvalue weighted by Crippen LogP contribution is 2.25. The van der Waals surface area contributed by atoms with Crippen LogP contribution >= 0.6 is 0 Å². The van der Waals surface area contributed by atoms with Crippen LogP contribution in [0.25, 0.3) is 0 Å². The van der Waals surface area contributed by atoms with Crippen molar-refractivity contribution in [2.45, 2.75) is 32.8 Å². The van der Waals surface area contributed by atoms with Crippen LogP contribution in [-0.4, -0.2) is 32.8 Å². The number of fused-ring (bicyclic) bond motifs is 1. The van der Waals surface area contributed by atoms with Crippen molar-refractivity contribution in [1.29, 1.82) is 0 Å². The Hall–Kier alpha value is -0.900. The van der Waals surface area contributed by atoms with Gasteiger partial charge in [0.25, 0.3) is 0 Å². The summed E-state index contributed by atoms with van der Waals surface area (Å²) in [4.78, 5) is 0. The van der Waals surface area contributed by atoms with E-state index in [0.717, 1.165) is 45.1 Å². The molecule has 1 aliphatic rings. The van der Waals surface area contributed by atoms with Gasteiger partial charge in [0.1, 0.15) is 0 Å². The lowest BCUT2D eigenvalue weighted by Gasteiger charge is -2.26. The van der Waals surface area contributed by atoms with Crippen molar-refractivity contribution in [3.05, 3.63) is 35.4 Å². The van der Waals surface area contributed by atoms with E-state index in [9.17, 15) is 0 Å². The number of rotatable bonds is 8. The first-order chi connectivity index (χ1) is 9.77. The molecule has 1 aromatic rings. The smallest absolute Gasteiger partial charge is 0.0952 e. The van der Waals surface area contributed by atoms with Gasteiger partial charge in [-0.05, 0) is 49.5 Å². The van der Waals surface area contributed by atoms with Gasteiger partial charge in [-0.25, -0.2) is 0 Å². The summed E-state index contributed by atoms with van der Waals surface area (Å²) in [7, 11) is 0. The van der Waals surface area contributed by atoms with E-state index in [0.29, 0.717) is 0 Å². The third kappa shape index (κ3) is 4.89. The lowest BCUT2D eigenvalue weighted by atomic mass is 9.97. The zero-order valence-electron chi connectivity index (χ0n) is 12.8. The van der Waals surface area contributed by atoms with Gasteiger partial charge in [-0.2, -0.15) is 0 Å². The SMILES string of the molecule is CC(C)CNCCCNCC1OCCc2ccccc21. The normalized spacial score (nSPS) is 18.2. The van der Waals surface area contributed by atoms with Crippen LogP contribution in [0, 0.1) is 5.92 Å². The highest BCUT2D eigenvalue weighted by molar-refractivity contribution is 5.31. The van der Waals surface area contributed by atoms with E-state index in [1.165, 1.54) is 17.5 Å². The minimum Gasteiger partial charge on any atom is -0.372 e. The summed E-state index contributed by atoms with van der Waals surface area (Å²) in [5, 5.41) is 6.99. The average molecular weight is 276 g/mol. The molecule has 1 unspecified atom stereocenters. The van der Waals surface area contributed by atoms with Crippen LogP contribution in [-0.2, 0) is 11.2 Å². The Balaban J connectivity index is 1.63. The lowest BCUT2D eigenvalue weighted by molar-refractivity contribution is 0.0426. The maximum atomic E-state index is 5.89. The molecular formula is C17H28N2O. The number of nitrogens with one attached hydrogen (secondary N) is 2. The molecule has 3 nitrogen and oxygen atoms in total. The van der Waals surface area contributed by atoms with E-state index in [1.807, 2.05) is 0 Å². The molecule has 3 heteroatoms. The molecule has 1 aliphatic heterocycles. The predicted molar refractivity (Wildman–Crippen MR) is 84.0 cm³/mol. The van der Waals surface area contributed by atoms with Gasteiger partial charge in [-0.1, -0.05) is 38.1 Å². The quantitative estimate of drug-likeness (QED) is 0.716. The van der Waals surface area contributed by atoms with Gasteiger partial charge < -0.3 is 15.4 Å². The molecule has 112 valence electrons. The van der Waals surface area contributed by atoms with Gasteiger partial charge in [0.15, 0.2) is 0 Å². The van der Waals surface area contributed by atoms with Gasteiger partial charge in [-0.15, -0.1) is 0 Å². The molecule has 0 saturated carbocycles. The fourth-order valence-electron chi connectivity index (χ4n) is 2.61. The Kier molecular flexibility index (Phi) is 6.51. The molecule has 0 spiro atoms. The van der Waals surface area contributed by atoms with Gasteiger partial charge in [0, 0.05) is 6.54 Å². The average Bonchev–Trinajstić information content (AvgIpc) is 2.46. The molecule has 0 amide bonds. The molecular weight excluding hydrogens is 248 g/mol. The number of hydrogen-bond donors (Lipinski definition) is 2. The van der Waals surface area contributed by atoms with Crippen LogP contribution in [0.2, 0.25) is 0 Å². The van der Waals surface area contributed by atoms with Crippen molar-refractivity contribution in [3.63, 3.8) is 0 Å². The van der Waals surface area contributed by atoms with Gasteiger partial charge >= 0.3 is 0 Å². The molecule has 0 bridgehead atoms. The third-order valence-electron chi connectivity index (χ3n) is 3.68. The third-order valence-corrected chi connectivity index (χ3v) is 3.68. The van der Waals surface area contributed by atoms with E-state index in [-0.39, 0.29) is 6.10 Å². The highest BCUT2D eigenvalue weighted by Gasteiger charge is 2.19. The van der Waals surface area contributed by atoms with Gasteiger partial charge in [-0.3, -0.25) is 0 Å². The van der Waals surface area contributed by atoms with Gasteiger partial charge in [0.2, 0.25) is 0 Å². The molecule has 0 fully saturated rings. The molecule has 0 aliphatic carbocycles. The molecule has 0 saturated heterocycles. The molecule has 1 heterocycles. The maximum Gasteiger partial charge on any atom is 0.0952 e. The Morgan fingerprint density at radius 1 is 1.20 bits per heavy atom. The fraction of sp³-hybridized carbons (Fsp3) is 0.647. The van der Waals surface area contributed by atoms with Crippen molar-refractivity contribution in [1.82, 2.24) is 10.6 Å². The largest absolute Gasteiger partial charge is 0.372 e. The van der Waals surface area contributed by atoms with E-state index in [4.69, 9.17) is 4.74 Å². The van der Waals surface area contributed by atoms with Crippen LogP contribution in [0.4, 0.5) is 0 Å². The Labute approximate surface area is 123 Å². The van der Waals surface area contributed by atoms with E-state index in [1.54, 1.807) is 0 Å². The number of benzene rings is 1. The summed E-state index contributed by atoms with van der Waals surface area (Å²) in [6, 6.07) is 8.65. The molecule has 2 rings (SSSR count). The Morgan fingerprint density at radius 3 is 2.85 bits per heavy atom. The van der Waals surface area contributed by atoms with Crippen LogP contribution in [0.1, 0.15) is 37.5 Å². The minimum atomic E-state index is 0.226. The first-order valence-electron chi connectivity index (χ1n) is 7.88. The monoisotopic (exact) mass is 276 g/mol. The molecule has 2 N–H and O–H groups in total. The maximum absolute atomic E-state index is 5.89. The lowest BCUT2D eigenvalue weighted by Crippen LogP contribution is -2.30. The van der Waals surface area contributed by atoms with Crippen LogP contribution in [0.5, 0.6) is 0 Å². The molecule has 20 heavy (non-hydrogen) atoms. The van der Waals surface area contributed by atoms with E-state index < -0.39 is 0 Å². The van der Waals surface area contributed by atoms with Crippen molar-refractivity contribution in [2.75, 3.05) is 32.8 Å². The minimum absolute atomic E-state index is 0.226. The zero-order chi connectivity index (χ0) is 14.2. The molecule has 1 atom stereocenters. The van der Waals surface area contributed by atoms with E-state index in [2.05, 4.69) is 48.7 Å². The standard InChI is InChI=1S/C17H28N2O/c1-14(2)12-18-9-5-10-19-13-17-16-7-4-3-6-15(16)8-11-20-17/h3-4,6-7,14,17-19H,5,8-13H2,1-2H3. The highest BCUT2D eigenvalue weighted by atomic mass is 16.5. The fourth-order valence-corrected chi connectivity index (χ4v) is 2.61. The summed E-state index contributed by atoms with van der Waals surface area (Å²) in [5.74, 6) is 0.732. The van der Waals surface area contributed by atoms with Crippen molar-refractivity contribution in [3.8, 4) is 0 Å².